The van der Waals surface area contributed by atoms with E-state index in [4.69, 9.17) is 9.47 Å². The summed E-state index contributed by atoms with van der Waals surface area (Å²) < 4.78 is 51.5. The number of hydrogen-bond donors (Lipinski definition) is 4. The summed E-state index contributed by atoms with van der Waals surface area (Å²) in [5.41, 5.74) is 0.869. The van der Waals surface area contributed by atoms with E-state index in [2.05, 4.69) is 15.5 Å². The van der Waals surface area contributed by atoms with Crippen molar-refractivity contribution in [3.05, 3.63) is 89.0 Å². The fourth-order valence-corrected chi connectivity index (χ4v) is 5.94. The van der Waals surface area contributed by atoms with Crippen LogP contribution in [0.3, 0.4) is 0 Å². The molecule has 3 amide bonds. The molecule has 3 aromatic carbocycles. The first-order chi connectivity index (χ1) is 24.6. The summed E-state index contributed by atoms with van der Waals surface area (Å²) in [4.78, 5) is 42.1. The molecule has 1 aliphatic heterocycles. The van der Waals surface area contributed by atoms with Crippen LogP contribution in [0.5, 0.6) is 5.75 Å². The average Bonchev–Trinajstić information content (AvgIpc) is 3.09. The van der Waals surface area contributed by atoms with Gasteiger partial charge >= 0.3 is 18.2 Å². The molecule has 14 heteroatoms. The molecule has 4 atom stereocenters. The van der Waals surface area contributed by atoms with Crippen molar-refractivity contribution in [2.45, 2.75) is 71.0 Å². The molecular weight excluding hydrogens is 681 g/mol. The number of nitrogens with zero attached hydrogens (tertiary/aromatic N) is 2. The molecular formula is C38H47F3N4O7. The molecule has 0 aromatic heterocycles. The number of nitrogens with one attached hydrogen (secondary N) is 2. The van der Waals surface area contributed by atoms with Gasteiger partial charge in [0.1, 0.15) is 5.75 Å². The van der Waals surface area contributed by atoms with Gasteiger partial charge in [0.15, 0.2) is 0 Å². The number of carboxylic acids is 1. The largest absolute Gasteiger partial charge is 0.490 e. The first-order valence-corrected chi connectivity index (χ1v) is 17.2. The Balaban J connectivity index is 1.55. The van der Waals surface area contributed by atoms with Crippen molar-refractivity contribution in [2.75, 3.05) is 44.0 Å². The molecule has 0 fully saturated rings. The van der Waals surface area contributed by atoms with E-state index in [9.17, 15) is 37.8 Å². The molecule has 282 valence electrons. The minimum atomic E-state index is -4.51. The fourth-order valence-electron chi connectivity index (χ4n) is 5.94. The summed E-state index contributed by atoms with van der Waals surface area (Å²) in [7, 11) is 1.95. The zero-order valence-corrected chi connectivity index (χ0v) is 29.8. The molecule has 1 aliphatic rings. The minimum absolute atomic E-state index is 0.146. The van der Waals surface area contributed by atoms with Gasteiger partial charge in [0, 0.05) is 43.5 Å². The van der Waals surface area contributed by atoms with Gasteiger partial charge in [-0.3, -0.25) is 9.69 Å². The highest BCUT2D eigenvalue weighted by atomic mass is 19.4. The van der Waals surface area contributed by atoms with E-state index in [1.54, 1.807) is 48.2 Å². The molecule has 4 N–H and O–H groups in total. The Bertz CT molecular complexity index is 1650. The van der Waals surface area contributed by atoms with Crippen LogP contribution in [0, 0.1) is 5.92 Å². The number of benzene rings is 3. The molecule has 52 heavy (non-hydrogen) atoms. The number of ether oxygens (including phenoxy) is 2. The first kappa shape index (κ1) is 40.1. The van der Waals surface area contributed by atoms with Gasteiger partial charge in [-0.2, -0.15) is 13.2 Å². The van der Waals surface area contributed by atoms with Crippen molar-refractivity contribution in [3.8, 4) is 5.75 Å². The van der Waals surface area contributed by atoms with Crippen LogP contribution in [0.15, 0.2) is 66.7 Å². The van der Waals surface area contributed by atoms with Gasteiger partial charge < -0.3 is 35.2 Å². The van der Waals surface area contributed by atoms with Crippen molar-refractivity contribution in [2.24, 2.45) is 5.92 Å². The lowest BCUT2D eigenvalue weighted by Gasteiger charge is -2.36. The van der Waals surface area contributed by atoms with Crippen LogP contribution < -0.4 is 15.4 Å². The lowest BCUT2D eigenvalue weighted by molar-refractivity contribution is -0.137. The Morgan fingerprint density at radius 3 is 2.29 bits per heavy atom. The summed E-state index contributed by atoms with van der Waals surface area (Å²) in [6.45, 7) is 7.12. The molecule has 0 aliphatic carbocycles. The van der Waals surface area contributed by atoms with Crippen LogP contribution in [-0.2, 0) is 17.5 Å². The smallest absolute Gasteiger partial charge is 0.416 e. The molecule has 0 saturated heterocycles. The number of rotatable bonds is 9. The average molecular weight is 729 g/mol. The number of alkyl halides is 3. The summed E-state index contributed by atoms with van der Waals surface area (Å²) in [6, 6.07) is 14.1. The molecule has 0 spiro atoms. The van der Waals surface area contributed by atoms with Crippen molar-refractivity contribution >= 4 is 29.3 Å². The monoisotopic (exact) mass is 728 g/mol. The van der Waals surface area contributed by atoms with Crippen molar-refractivity contribution < 1.29 is 47.2 Å². The van der Waals surface area contributed by atoms with Gasteiger partial charge in [-0.1, -0.05) is 19.1 Å². The third-order valence-corrected chi connectivity index (χ3v) is 8.92. The highest BCUT2D eigenvalue weighted by Gasteiger charge is 2.31. The lowest BCUT2D eigenvalue weighted by atomic mass is 10.0. The number of fused-ring (bicyclic) bond motifs is 1. The van der Waals surface area contributed by atoms with Crippen LogP contribution in [0.1, 0.15) is 71.9 Å². The summed E-state index contributed by atoms with van der Waals surface area (Å²) in [5.74, 6) is -1.29. The van der Waals surface area contributed by atoms with Gasteiger partial charge in [0.25, 0.3) is 5.91 Å². The van der Waals surface area contributed by atoms with Crippen molar-refractivity contribution in [3.63, 3.8) is 0 Å². The number of hydrogen-bond acceptors (Lipinski definition) is 7. The quantitative estimate of drug-likeness (QED) is 0.185. The van der Waals surface area contributed by atoms with Gasteiger partial charge in [0.2, 0.25) is 0 Å². The number of urea groups is 1. The fraction of sp³-hybridized carbons (Fsp3) is 0.447. The number of anilines is 2. The zero-order valence-electron chi connectivity index (χ0n) is 29.8. The number of amides is 3. The minimum Gasteiger partial charge on any atom is -0.490 e. The molecule has 4 rings (SSSR count). The van der Waals surface area contributed by atoms with E-state index in [-0.39, 0.29) is 53.8 Å². The molecule has 0 bridgehead atoms. The van der Waals surface area contributed by atoms with Crippen LogP contribution >= 0.6 is 0 Å². The number of carbonyl (C=O) groups excluding carboxylic acids is 2. The highest BCUT2D eigenvalue weighted by molar-refractivity contribution is 6.02. The van der Waals surface area contributed by atoms with Crippen molar-refractivity contribution in [1.29, 1.82) is 0 Å². The Labute approximate surface area is 301 Å². The van der Waals surface area contributed by atoms with E-state index in [1.165, 1.54) is 6.07 Å². The predicted molar refractivity (Wildman–Crippen MR) is 191 cm³/mol. The molecule has 11 nitrogen and oxygen atoms in total. The number of carboxylic acid groups (broad SMARTS) is 1. The molecule has 0 saturated carbocycles. The second-order valence-corrected chi connectivity index (χ2v) is 13.4. The molecule has 1 heterocycles. The van der Waals surface area contributed by atoms with E-state index in [0.29, 0.717) is 31.9 Å². The Hall–Kier alpha value is -4.66. The third-order valence-electron chi connectivity index (χ3n) is 8.92. The number of aliphatic hydroxyl groups is 1. The topological polar surface area (TPSA) is 141 Å². The maximum absolute atomic E-state index is 14.4. The van der Waals surface area contributed by atoms with Crippen LogP contribution in [0.25, 0.3) is 0 Å². The Morgan fingerprint density at radius 1 is 1.00 bits per heavy atom. The second kappa shape index (κ2) is 18.2. The Kier molecular flexibility index (Phi) is 14.0. The van der Waals surface area contributed by atoms with Gasteiger partial charge in [-0.25, -0.2) is 9.59 Å². The van der Waals surface area contributed by atoms with E-state index in [1.807, 2.05) is 20.9 Å². The lowest BCUT2D eigenvalue weighted by Crippen LogP contribution is -2.47. The first-order valence-electron chi connectivity index (χ1n) is 17.2. The summed E-state index contributed by atoms with van der Waals surface area (Å²) >= 11 is 0. The number of likely N-dealkylation sites (N-methyl/N-ethyl adjacent to an activating group) is 1. The van der Waals surface area contributed by atoms with E-state index in [0.717, 1.165) is 42.7 Å². The summed E-state index contributed by atoms with van der Waals surface area (Å²) in [6.07, 6.45) is -2.76. The molecule has 3 aromatic rings. The van der Waals surface area contributed by atoms with E-state index >= 15 is 0 Å². The van der Waals surface area contributed by atoms with Crippen molar-refractivity contribution in [1.82, 2.24) is 9.80 Å². The van der Waals surface area contributed by atoms with Gasteiger partial charge in [0.05, 0.1) is 41.5 Å². The number of carbonyl (C=O) groups is 3. The molecule has 0 radical (unpaired) electrons. The highest BCUT2D eigenvalue weighted by Crippen LogP contribution is 2.31. The maximum atomic E-state index is 14.4. The predicted octanol–water partition coefficient (Wildman–Crippen LogP) is 6.98. The van der Waals surface area contributed by atoms with Crippen LogP contribution in [-0.4, -0.2) is 89.5 Å². The summed E-state index contributed by atoms with van der Waals surface area (Å²) in [5, 5.41) is 24.6. The zero-order chi connectivity index (χ0) is 38.0. The number of aromatic carboxylic acids is 1. The van der Waals surface area contributed by atoms with Gasteiger partial charge in [-0.15, -0.1) is 0 Å². The third kappa shape index (κ3) is 11.4. The van der Waals surface area contributed by atoms with Gasteiger partial charge in [-0.05, 0) is 100 Å². The van der Waals surface area contributed by atoms with Crippen LogP contribution in [0.4, 0.5) is 29.3 Å². The molecule has 0 unspecified atom stereocenters. The second-order valence-electron chi connectivity index (χ2n) is 13.4. The SMILES string of the molecule is C[C@@H]1CCCCO[C@@H](CN(C)Cc2ccc(C(=O)O)cc2)[C@@H](C)CN([C@H](C)CO)C(=O)c2cc(NC(=O)Nc3ccc(C(F)(F)F)cc3)ccc2O1. The van der Waals surface area contributed by atoms with E-state index < -0.39 is 35.7 Å². The number of aliphatic hydroxyl groups excluding tert-OH is 1. The van der Waals surface area contributed by atoms with Crippen LogP contribution in [0.2, 0.25) is 0 Å². The number of halogens is 3. The Morgan fingerprint density at radius 2 is 1.65 bits per heavy atom. The standard InChI is InChI=1S/C38H47F3N4O7/c1-24-20-45(25(2)23-46)35(47)32-19-31(43-37(50)42-30-14-12-29(13-15-30)38(39,40)41)16-17-33(32)52-26(3)7-5-6-18-51-34(24)22-44(4)21-27-8-10-28(11-9-27)36(48)49/h8-17,19,24-26,34,46H,5-7,18,20-23H2,1-4H3,(H,48,49)(H2,42,43,50)/t24-,25+,26+,34-/m0/s1. The normalized spacial score (nSPS) is 19.6. The maximum Gasteiger partial charge on any atom is 0.416 e.